The molecule has 6 heteroatoms. The van der Waals surface area contributed by atoms with Crippen molar-refractivity contribution in [3.05, 3.63) is 23.8 Å². The van der Waals surface area contributed by atoms with Crippen molar-refractivity contribution in [1.82, 2.24) is 0 Å². The summed E-state index contributed by atoms with van der Waals surface area (Å²) in [6.07, 6.45) is -2.57. The highest BCUT2D eigenvalue weighted by Crippen LogP contribution is 2.24. The van der Waals surface area contributed by atoms with Crippen LogP contribution in [-0.2, 0) is 4.74 Å². The van der Waals surface area contributed by atoms with Crippen LogP contribution < -0.4 is 4.74 Å². The summed E-state index contributed by atoms with van der Waals surface area (Å²) in [7, 11) is 1.23. The fraction of sp³-hybridized carbons (Fsp3) is 0.300. The highest BCUT2D eigenvalue weighted by atomic mass is 32.1. The Morgan fingerprint density at radius 2 is 2.19 bits per heavy atom. The van der Waals surface area contributed by atoms with Crippen molar-refractivity contribution < 1.29 is 23.0 Å². The minimum absolute atomic E-state index is 0.131. The first-order chi connectivity index (χ1) is 7.54. The zero-order chi connectivity index (χ0) is 12.1. The van der Waals surface area contributed by atoms with Crippen molar-refractivity contribution >= 4 is 18.6 Å². The molecule has 0 aliphatic carbocycles. The summed E-state index contributed by atoms with van der Waals surface area (Å²) in [4.78, 5) is 11.5. The Bertz CT molecular complexity index is 382. The maximum atomic E-state index is 11.9. The van der Waals surface area contributed by atoms with Crippen molar-refractivity contribution in [2.75, 3.05) is 13.7 Å². The van der Waals surface area contributed by atoms with Gasteiger partial charge >= 0.3 is 5.97 Å². The second-order valence-corrected chi connectivity index (χ2v) is 3.36. The summed E-state index contributed by atoms with van der Waals surface area (Å²) in [5.74, 6) is -0.429. The molecule has 16 heavy (non-hydrogen) atoms. The Kier molecular flexibility index (Phi) is 4.54. The van der Waals surface area contributed by atoms with E-state index in [2.05, 4.69) is 17.4 Å². The minimum Gasteiger partial charge on any atom is -0.486 e. The Hall–Kier alpha value is -1.30. The van der Waals surface area contributed by atoms with Crippen molar-refractivity contribution in [2.45, 2.75) is 11.3 Å². The van der Waals surface area contributed by atoms with E-state index in [0.717, 1.165) is 0 Å². The number of rotatable bonds is 4. The first-order valence-corrected chi connectivity index (χ1v) is 4.81. The normalized spacial score (nSPS) is 10.3. The summed E-state index contributed by atoms with van der Waals surface area (Å²) < 4.78 is 33.2. The van der Waals surface area contributed by atoms with Gasteiger partial charge in [0, 0.05) is 4.90 Å². The zero-order valence-corrected chi connectivity index (χ0v) is 9.34. The topological polar surface area (TPSA) is 35.5 Å². The number of methoxy groups -OCH3 is 1. The predicted octanol–water partition coefficient (Wildman–Crippen LogP) is 2.41. The van der Waals surface area contributed by atoms with Gasteiger partial charge in [0.05, 0.1) is 12.7 Å². The third-order valence-corrected chi connectivity index (χ3v) is 2.12. The third kappa shape index (κ3) is 3.37. The monoisotopic (exact) mass is 248 g/mol. The van der Waals surface area contributed by atoms with Crippen molar-refractivity contribution in [3.63, 3.8) is 0 Å². The lowest BCUT2D eigenvalue weighted by Crippen LogP contribution is -2.08. The average molecular weight is 248 g/mol. The SMILES string of the molecule is COC(=O)c1ccc(S)c(OCC(F)F)c1. The van der Waals surface area contributed by atoms with Gasteiger partial charge in [0.2, 0.25) is 0 Å². The van der Waals surface area contributed by atoms with Crippen LogP contribution in [0.15, 0.2) is 23.1 Å². The Balaban J connectivity index is 2.86. The Labute approximate surface area is 96.8 Å². The molecule has 0 aliphatic rings. The van der Waals surface area contributed by atoms with Gasteiger partial charge in [-0.05, 0) is 18.2 Å². The first-order valence-electron chi connectivity index (χ1n) is 4.37. The minimum atomic E-state index is -2.57. The molecule has 88 valence electrons. The molecule has 0 aliphatic heterocycles. The highest BCUT2D eigenvalue weighted by Gasteiger charge is 2.11. The number of carbonyl (C=O) groups excluding carboxylic acids is 1. The van der Waals surface area contributed by atoms with Crippen LogP contribution in [0.4, 0.5) is 8.78 Å². The molecule has 0 unspecified atom stereocenters. The number of hydrogen-bond donors (Lipinski definition) is 1. The molecular formula is C10H10F2O3S. The highest BCUT2D eigenvalue weighted by molar-refractivity contribution is 7.80. The molecule has 0 bridgehead atoms. The largest absolute Gasteiger partial charge is 0.486 e. The molecule has 1 aromatic rings. The van der Waals surface area contributed by atoms with E-state index in [1.54, 1.807) is 0 Å². The molecular weight excluding hydrogens is 238 g/mol. The number of hydrogen-bond acceptors (Lipinski definition) is 4. The summed E-state index contributed by atoms with van der Waals surface area (Å²) in [6.45, 7) is -0.738. The third-order valence-electron chi connectivity index (χ3n) is 1.75. The molecule has 0 aromatic heterocycles. The van der Waals surface area contributed by atoms with Crippen LogP contribution >= 0.6 is 12.6 Å². The van der Waals surface area contributed by atoms with E-state index in [9.17, 15) is 13.6 Å². The average Bonchev–Trinajstić information content (AvgIpc) is 2.26. The molecule has 1 aromatic carbocycles. The van der Waals surface area contributed by atoms with E-state index in [0.29, 0.717) is 4.90 Å². The van der Waals surface area contributed by atoms with Gasteiger partial charge in [0.25, 0.3) is 6.43 Å². The summed E-state index contributed by atoms with van der Waals surface area (Å²) in [6, 6.07) is 4.27. The van der Waals surface area contributed by atoms with Crippen LogP contribution in [0.2, 0.25) is 0 Å². The molecule has 0 N–H and O–H groups in total. The van der Waals surface area contributed by atoms with Gasteiger partial charge in [0.1, 0.15) is 12.4 Å². The molecule has 1 rings (SSSR count). The molecule has 0 radical (unpaired) electrons. The van der Waals surface area contributed by atoms with E-state index >= 15 is 0 Å². The van der Waals surface area contributed by atoms with E-state index in [-0.39, 0.29) is 11.3 Å². The Morgan fingerprint density at radius 1 is 1.50 bits per heavy atom. The lowest BCUT2D eigenvalue weighted by atomic mass is 10.2. The molecule has 0 saturated carbocycles. The lowest BCUT2D eigenvalue weighted by molar-refractivity contribution is 0.0599. The van der Waals surface area contributed by atoms with E-state index in [4.69, 9.17) is 4.74 Å². The molecule has 3 nitrogen and oxygen atoms in total. The van der Waals surface area contributed by atoms with Crippen LogP contribution in [-0.4, -0.2) is 26.1 Å². The zero-order valence-electron chi connectivity index (χ0n) is 8.44. The maximum Gasteiger partial charge on any atom is 0.337 e. The molecule has 0 spiro atoms. The number of esters is 1. The number of alkyl halides is 2. The number of ether oxygens (including phenoxy) is 2. The first kappa shape index (κ1) is 12.8. The predicted molar refractivity (Wildman–Crippen MR) is 56.5 cm³/mol. The van der Waals surface area contributed by atoms with Crippen LogP contribution in [0, 0.1) is 0 Å². The van der Waals surface area contributed by atoms with Crippen molar-refractivity contribution in [3.8, 4) is 5.75 Å². The Morgan fingerprint density at radius 3 is 2.75 bits per heavy atom. The van der Waals surface area contributed by atoms with Gasteiger partial charge in [-0.15, -0.1) is 12.6 Å². The molecule has 0 amide bonds. The maximum absolute atomic E-state index is 11.9. The molecule has 0 heterocycles. The van der Waals surface area contributed by atoms with Gasteiger partial charge in [-0.2, -0.15) is 0 Å². The smallest absolute Gasteiger partial charge is 0.337 e. The fourth-order valence-electron chi connectivity index (χ4n) is 1.03. The summed E-state index contributed by atoms with van der Waals surface area (Å²) in [5.41, 5.74) is 0.226. The fourth-order valence-corrected chi connectivity index (χ4v) is 1.23. The number of carbonyl (C=O) groups is 1. The van der Waals surface area contributed by atoms with Crippen LogP contribution in [0.25, 0.3) is 0 Å². The van der Waals surface area contributed by atoms with E-state index in [1.807, 2.05) is 0 Å². The summed E-state index contributed by atoms with van der Waals surface area (Å²) in [5, 5.41) is 0. The lowest BCUT2D eigenvalue weighted by Gasteiger charge is -2.09. The van der Waals surface area contributed by atoms with Gasteiger partial charge in [0.15, 0.2) is 0 Å². The number of benzene rings is 1. The van der Waals surface area contributed by atoms with Gasteiger partial charge in [-0.1, -0.05) is 0 Å². The van der Waals surface area contributed by atoms with Gasteiger partial charge in [-0.3, -0.25) is 0 Å². The summed E-state index contributed by atoms with van der Waals surface area (Å²) >= 11 is 4.02. The molecule has 0 atom stereocenters. The van der Waals surface area contributed by atoms with E-state index in [1.165, 1.54) is 25.3 Å². The molecule has 0 fully saturated rings. The second kappa shape index (κ2) is 5.69. The van der Waals surface area contributed by atoms with Crippen LogP contribution in [0.5, 0.6) is 5.75 Å². The molecule has 0 saturated heterocycles. The van der Waals surface area contributed by atoms with Crippen molar-refractivity contribution in [1.29, 1.82) is 0 Å². The van der Waals surface area contributed by atoms with Crippen molar-refractivity contribution in [2.24, 2.45) is 0 Å². The number of thiol groups is 1. The van der Waals surface area contributed by atoms with E-state index < -0.39 is 19.0 Å². The van der Waals surface area contributed by atoms with Crippen LogP contribution in [0.1, 0.15) is 10.4 Å². The van der Waals surface area contributed by atoms with Gasteiger partial charge < -0.3 is 9.47 Å². The number of halogens is 2. The second-order valence-electron chi connectivity index (χ2n) is 2.88. The van der Waals surface area contributed by atoms with Crippen LogP contribution in [0.3, 0.4) is 0 Å². The standard InChI is InChI=1S/C10H10F2O3S/c1-14-10(13)6-2-3-8(16)7(4-6)15-5-9(11)12/h2-4,9,16H,5H2,1H3. The van der Waals surface area contributed by atoms with Gasteiger partial charge in [-0.25, -0.2) is 13.6 Å². The quantitative estimate of drug-likeness (QED) is 0.656.